The first-order valence-electron chi connectivity index (χ1n) is 8.22. The zero-order valence-corrected chi connectivity index (χ0v) is 16.2. The molecule has 27 heavy (non-hydrogen) atoms. The van der Waals surface area contributed by atoms with Crippen molar-refractivity contribution in [3.05, 3.63) is 51.7 Å². The van der Waals surface area contributed by atoms with Gasteiger partial charge in [0, 0.05) is 18.7 Å². The third kappa shape index (κ3) is 4.35. The van der Waals surface area contributed by atoms with Crippen LogP contribution in [0.1, 0.15) is 25.6 Å². The summed E-state index contributed by atoms with van der Waals surface area (Å²) in [5.41, 5.74) is 5.30. The van der Waals surface area contributed by atoms with Crippen LogP contribution in [0.3, 0.4) is 0 Å². The number of rotatable bonds is 4. The van der Waals surface area contributed by atoms with Gasteiger partial charge in [0.15, 0.2) is 0 Å². The third-order valence-electron chi connectivity index (χ3n) is 4.07. The lowest BCUT2D eigenvalue weighted by Gasteiger charge is -2.26. The van der Waals surface area contributed by atoms with Gasteiger partial charge in [-0.15, -0.1) is 11.3 Å². The van der Waals surface area contributed by atoms with Crippen molar-refractivity contribution in [2.24, 2.45) is 0 Å². The Balaban J connectivity index is 1.76. The van der Waals surface area contributed by atoms with Crippen molar-refractivity contribution < 1.29 is 22.7 Å². The Hall–Kier alpha value is -2.27. The number of nitrogens with one attached hydrogen (secondary N) is 2. The first kappa shape index (κ1) is 19.5. The molecule has 3 rings (SSSR count). The number of benzene rings is 1. The average Bonchev–Trinajstić information content (AvgIpc) is 3.21. The molecule has 8 nitrogen and oxygen atoms in total. The number of hydrogen-bond donors (Lipinski definition) is 2. The van der Waals surface area contributed by atoms with E-state index in [9.17, 15) is 18.0 Å². The van der Waals surface area contributed by atoms with Gasteiger partial charge in [-0.1, -0.05) is 12.1 Å². The molecular weight excluding hydrogens is 390 g/mol. The highest BCUT2D eigenvalue weighted by atomic mass is 32.2. The minimum Gasteiger partial charge on any atom is -0.379 e. The maximum absolute atomic E-state index is 12.9. The van der Waals surface area contributed by atoms with Crippen molar-refractivity contribution in [1.82, 2.24) is 15.2 Å². The molecule has 1 aliphatic heterocycles. The number of aryl methyl sites for hydroxylation is 1. The highest BCUT2D eigenvalue weighted by molar-refractivity contribution is 7.89. The van der Waals surface area contributed by atoms with E-state index in [2.05, 4.69) is 10.9 Å². The van der Waals surface area contributed by atoms with Gasteiger partial charge in [-0.05, 0) is 36.1 Å². The molecule has 1 aromatic heterocycles. The Morgan fingerprint density at radius 3 is 2.48 bits per heavy atom. The van der Waals surface area contributed by atoms with Crippen molar-refractivity contribution in [3.8, 4) is 0 Å². The van der Waals surface area contributed by atoms with Crippen molar-refractivity contribution in [3.63, 3.8) is 0 Å². The second kappa shape index (κ2) is 8.17. The Morgan fingerprint density at radius 2 is 1.81 bits per heavy atom. The number of hydrazine groups is 1. The predicted octanol–water partition coefficient (Wildman–Crippen LogP) is 1.15. The van der Waals surface area contributed by atoms with E-state index in [-0.39, 0.29) is 23.5 Å². The van der Waals surface area contributed by atoms with Gasteiger partial charge < -0.3 is 4.74 Å². The van der Waals surface area contributed by atoms with Crippen LogP contribution < -0.4 is 10.9 Å². The summed E-state index contributed by atoms with van der Waals surface area (Å²) >= 11 is 1.24. The molecule has 10 heteroatoms. The van der Waals surface area contributed by atoms with E-state index in [1.807, 2.05) is 0 Å². The molecule has 0 spiro atoms. The number of sulfonamides is 1. The fourth-order valence-corrected chi connectivity index (χ4v) is 4.88. The molecule has 0 unspecified atom stereocenters. The number of carbonyl (C=O) groups excluding carboxylic acids is 2. The van der Waals surface area contributed by atoms with Gasteiger partial charge in [0.1, 0.15) is 0 Å². The zero-order chi connectivity index (χ0) is 19.4. The van der Waals surface area contributed by atoms with Gasteiger partial charge >= 0.3 is 0 Å². The van der Waals surface area contributed by atoms with E-state index >= 15 is 0 Å². The van der Waals surface area contributed by atoms with Crippen molar-refractivity contribution in [1.29, 1.82) is 0 Å². The molecule has 1 aliphatic rings. The second-order valence-corrected chi connectivity index (χ2v) is 8.74. The number of ether oxygens (including phenoxy) is 1. The summed E-state index contributed by atoms with van der Waals surface area (Å²) in [5.74, 6) is -1.04. The summed E-state index contributed by atoms with van der Waals surface area (Å²) in [4.78, 5) is 24.8. The maximum Gasteiger partial charge on any atom is 0.279 e. The summed E-state index contributed by atoms with van der Waals surface area (Å²) in [6.07, 6.45) is 0. The molecule has 2 amide bonds. The lowest BCUT2D eigenvalue weighted by Crippen LogP contribution is -2.42. The molecule has 0 saturated carbocycles. The van der Waals surface area contributed by atoms with Crippen LogP contribution in [0, 0.1) is 6.92 Å². The quantitative estimate of drug-likeness (QED) is 0.737. The van der Waals surface area contributed by atoms with Gasteiger partial charge in [0.25, 0.3) is 11.8 Å². The molecule has 0 aliphatic carbocycles. The van der Waals surface area contributed by atoms with Gasteiger partial charge in [-0.2, -0.15) is 4.31 Å². The smallest absolute Gasteiger partial charge is 0.279 e. The van der Waals surface area contributed by atoms with Crippen molar-refractivity contribution >= 4 is 33.2 Å². The van der Waals surface area contributed by atoms with E-state index in [0.717, 1.165) is 0 Å². The van der Waals surface area contributed by atoms with Crippen LogP contribution in [0.2, 0.25) is 0 Å². The Morgan fingerprint density at radius 1 is 1.11 bits per heavy atom. The van der Waals surface area contributed by atoms with E-state index in [4.69, 9.17) is 4.74 Å². The number of hydrogen-bond acceptors (Lipinski definition) is 6. The standard InChI is InChI=1S/C17H19N3O5S2/c1-12-4-5-13(16(21)18-19-17(22)14-3-2-10-26-14)11-15(12)27(23,24)20-6-8-25-9-7-20/h2-5,10-11H,6-9H2,1H3,(H,18,21)(H,19,22). The molecule has 1 aromatic carbocycles. The van der Waals surface area contributed by atoms with Crippen LogP contribution in [0.25, 0.3) is 0 Å². The number of carbonyl (C=O) groups is 2. The van der Waals surface area contributed by atoms with Crippen LogP contribution in [0.5, 0.6) is 0 Å². The number of morpholine rings is 1. The van der Waals surface area contributed by atoms with Crippen LogP contribution in [0.4, 0.5) is 0 Å². The summed E-state index contributed by atoms with van der Waals surface area (Å²) in [5, 5.41) is 1.75. The average molecular weight is 409 g/mol. The zero-order valence-electron chi connectivity index (χ0n) is 14.6. The molecule has 0 radical (unpaired) electrons. The number of thiophene rings is 1. The SMILES string of the molecule is Cc1ccc(C(=O)NNC(=O)c2cccs2)cc1S(=O)(=O)N1CCOCC1. The molecule has 2 heterocycles. The Labute approximate surface area is 161 Å². The summed E-state index contributed by atoms with van der Waals surface area (Å²) < 4.78 is 32.3. The molecule has 144 valence electrons. The first-order chi connectivity index (χ1) is 12.9. The summed E-state index contributed by atoms with van der Waals surface area (Å²) in [6, 6.07) is 7.77. The Kier molecular flexibility index (Phi) is 5.90. The minimum absolute atomic E-state index is 0.0710. The molecule has 2 N–H and O–H groups in total. The molecule has 2 aromatic rings. The van der Waals surface area contributed by atoms with Crippen LogP contribution >= 0.6 is 11.3 Å². The van der Waals surface area contributed by atoms with Crippen LogP contribution in [-0.2, 0) is 14.8 Å². The topological polar surface area (TPSA) is 105 Å². The van der Waals surface area contributed by atoms with Gasteiger partial charge in [-0.25, -0.2) is 8.42 Å². The lowest BCUT2D eigenvalue weighted by atomic mass is 10.1. The first-order valence-corrected chi connectivity index (χ1v) is 10.5. The van der Waals surface area contributed by atoms with Crippen LogP contribution in [-0.4, -0.2) is 50.8 Å². The fraction of sp³-hybridized carbons (Fsp3) is 0.294. The molecule has 0 atom stereocenters. The highest BCUT2D eigenvalue weighted by Gasteiger charge is 2.28. The highest BCUT2D eigenvalue weighted by Crippen LogP contribution is 2.22. The number of nitrogens with zero attached hydrogens (tertiary/aromatic N) is 1. The fourth-order valence-electron chi connectivity index (χ4n) is 2.60. The van der Waals surface area contributed by atoms with Gasteiger partial charge in [0.05, 0.1) is 23.0 Å². The second-order valence-electron chi connectivity index (χ2n) is 5.88. The predicted molar refractivity (Wildman–Crippen MR) is 100 cm³/mol. The van der Waals surface area contributed by atoms with Crippen molar-refractivity contribution in [2.45, 2.75) is 11.8 Å². The van der Waals surface area contributed by atoms with Crippen molar-refractivity contribution in [2.75, 3.05) is 26.3 Å². The molecule has 0 bridgehead atoms. The van der Waals surface area contributed by atoms with E-state index in [0.29, 0.717) is 23.7 Å². The van der Waals surface area contributed by atoms with E-state index in [1.165, 1.54) is 27.8 Å². The van der Waals surface area contributed by atoms with Crippen LogP contribution in [0.15, 0.2) is 40.6 Å². The normalized spacial score (nSPS) is 15.3. The van der Waals surface area contributed by atoms with Gasteiger partial charge in [0.2, 0.25) is 10.0 Å². The summed E-state index contributed by atoms with van der Waals surface area (Å²) in [6.45, 7) is 2.90. The monoisotopic (exact) mass is 409 g/mol. The summed E-state index contributed by atoms with van der Waals surface area (Å²) in [7, 11) is -3.73. The van der Waals surface area contributed by atoms with E-state index in [1.54, 1.807) is 30.5 Å². The molecular formula is C17H19N3O5S2. The number of amides is 2. The van der Waals surface area contributed by atoms with E-state index < -0.39 is 21.8 Å². The Bertz CT molecular complexity index is 935. The minimum atomic E-state index is -3.73. The lowest BCUT2D eigenvalue weighted by molar-refractivity contribution is 0.0730. The third-order valence-corrected chi connectivity index (χ3v) is 6.98. The largest absolute Gasteiger partial charge is 0.379 e. The maximum atomic E-state index is 12.9. The molecule has 1 fully saturated rings. The van der Waals surface area contributed by atoms with Gasteiger partial charge in [-0.3, -0.25) is 20.4 Å². The molecule has 1 saturated heterocycles.